The standard InChI is InChI=1S/C18H21N/c1-13-6-3-7-14(2)17(13)12-15-8-4-10-18-16(15)9-5-11-19-18/h3-4,6-8,10,19H,5,9,11-12H2,1-2H3. The minimum Gasteiger partial charge on any atom is -0.385 e. The molecule has 1 aliphatic rings. The molecule has 1 heterocycles. The molecule has 0 saturated heterocycles. The van der Waals surface area contributed by atoms with Crippen LogP contribution >= 0.6 is 0 Å². The van der Waals surface area contributed by atoms with E-state index in [0.717, 1.165) is 13.0 Å². The Balaban J connectivity index is 2.00. The van der Waals surface area contributed by atoms with Crippen LogP contribution in [0.5, 0.6) is 0 Å². The van der Waals surface area contributed by atoms with E-state index >= 15 is 0 Å². The van der Waals surface area contributed by atoms with Crippen molar-refractivity contribution in [2.75, 3.05) is 11.9 Å². The summed E-state index contributed by atoms with van der Waals surface area (Å²) in [4.78, 5) is 0. The summed E-state index contributed by atoms with van der Waals surface area (Å²) in [6, 6.07) is 13.3. The maximum absolute atomic E-state index is 3.52. The van der Waals surface area contributed by atoms with Gasteiger partial charge in [0, 0.05) is 12.2 Å². The summed E-state index contributed by atoms with van der Waals surface area (Å²) < 4.78 is 0. The molecule has 0 fully saturated rings. The van der Waals surface area contributed by atoms with Crippen molar-refractivity contribution in [3.05, 3.63) is 64.2 Å². The highest BCUT2D eigenvalue weighted by Gasteiger charge is 2.13. The predicted octanol–water partition coefficient (Wildman–Crippen LogP) is 4.25. The minimum absolute atomic E-state index is 1.06. The van der Waals surface area contributed by atoms with Crippen LogP contribution in [-0.2, 0) is 12.8 Å². The molecule has 0 radical (unpaired) electrons. The Hall–Kier alpha value is -1.76. The average Bonchev–Trinajstić information content (AvgIpc) is 2.43. The van der Waals surface area contributed by atoms with Gasteiger partial charge in [0.2, 0.25) is 0 Å². The Kier molecular flexibility index (Phi) is 3.29. The number of fused-ring (bicyclic) bond motifs is 1. The molecular weight excluding hydrogens is 230 g/mol. The van der Waals surface area contributed by atoms with Gasteiger partial charge in [-0.1, -0.05) is 30.3 Å². The second-order valence-corrected chi connectivity index (χ2v) is 5.52. The maximum Gasteiger partial charge on any atom is 0.0375 e. The molecule has 98 valence electrons. The Labute approximate surface area is 115 Å². The maximum atomic E-state index is 3.52. The van der Waals surface area contributed by atoms with Gasteiger partial charge in [0.25, 0.3) is 0 Å². The van der Waals surface area contributed by atoms with Crippen molar-refractivity contribution in [3.8, 4) is 0 Å². The number of nitrogens with one attached hydrogen (secondary N) is 1. The monoisotopic (exact) mass is 251 g/mol. The first kappa shape index (κ1) is 12.3. The van der Waals surface area contributed by atoms with Gasteiger partial charge in [-0.05, 0) is 67.0 Å². The number of rotatable bonds is 2. The second kappa shape index (κ2) is 5.08. The second-order valence-electron chi connectivity index (χ2n) is 5.52. The lowest BCUT2D eigenvalue weighted by molar-refractivity contribution is 0.818. The van der Waals surface area contributed by atoms with Gasteiger partial charge >= 0.3 is 0 Å². The largest absolute Gasteiger partial charge is 0.385 e. The lowest BCUT2D eigenvalue weighted by atomic mass is 9.90. The van der Waals surface area contributed by atoms with Crippen LogP contribution < -0.4 is 5.32 Å². The van der Waals surface area contributed by atoms with Crippen molar-refractivity contribution in [1.29, 1.82) is 0 Å². The lowest BCUT2D eigenvalue weighted by Crippen LogP contribution is -2.13. The van der Waals surface area contributed by atoms with E-state index in [4.69, 9.17) is 0 Å². The lowest BCUT2D eigenvalue weighted by Gasteiger charge is -2.22. The first-order valence-electron chi connectivity index (χ1n) is 7.15. The van der Waals surface area contributed by atoms with Crippen LogP contribution in [0.15, 0.2) is 36.4 Å². The zero-order valence-corrected chi connectivity index (χ0v) is 11.8. The Morgan fingerprint density at radius 2 is 1.74 bits per heavy atom. The number of hydrogen-bond donors (Lipinski definition) is 1. The van der Waals surface area contributed by atoms with Crippen molar-refractivity contribution >= 4 is 5.69 Å². The molecule has 2 aromatic rings. The fourth-order valence-electron chi connectivity index (χ4n) is 3.07. The van der Waals surface area contributed by atoms with E-state index in [1.807, 2.05) is 0 Å². The van der Waals surface area contributed by atoms with Crippen LogP contribution in [-0.4, -0.2) is 6.54 Å². The SMILES string of the molecule is Cc1cccc(C)c1Cc1cccc2c1CCCN2. The molecular formula is C18H21N. The highest BCUT2D eigenvalue weighted by molar-refractivity contribution is 5.57. The molecule has 0 aliphatic carbocycles. The molecule has 1 nitrogen and oxygen atoms in total. The molecule has 2 aromatic carbocycles. The summed E-state index contributed by atoms with van der Waals surface area (Å²) in [6.07, 6.45) is 3.52. The van der Waals surface area contributed by atoms with Gasteiger partial charge in [-0.2, -0.15) is 0 Å². The van der Waals surface area contributed by atoms with Gasteiger partial charge in [-0.25, -0.2) is 0 Å². The van der Waals surface area contributed by atoms with Crippen molar-refractivity contribution in [2.45, 2.75) is 33.1 Å². The number of benzene rings is 2. The highest BCUT2D eigenvalue weighted by atomic mass is 14.9. The van der Waals surface area contributed by atoms with E-state index in [1.54, 1.807) is 0 Å². The summed E-state index contributed by atoms with van der Waals surface area (Å²) in [6.45, 7) is 5.55. The molecule has 1 N–H and O–H groups in total. The fraction of sp³-hybridized carbons (Fsp3) is 0.333. The van der Waals surface area contributed by atoms with E-state index in [9.17, 15) is 0 Å². The first-order chi connectivity index (χ1) is 9.25. The number of aryl methyl sites for hydroxylation is 2. The van der Waals surface area contributed by atoms with Gasteiger partial charge in [0.15, 0.2) is 0 Å². The van der Waals surface area contributed by atoms with Crippen LogP contribution in [0.2, 0.25) is 0 Å². The molecule has 3 rings (SSSR count). The van der Waals surface area contributed by atoms with Gasteiger partial charge in [0.05, 0.1) is 0 Å². The molecule has 19 heavy (non-hydrogen) atoms. The Bertz CT molecular complexity index is 578. The predicted molar refractivity (Wildman–Crippen MR) is 82.0 cm³/mol. The molecule has 0 spiro atoms. The van der Waals surface area contributed by atoms with Crippen LogP contribution in [0.25, 0.3) is 0 Å². The molecule has 0 saturated carbocycles. The van der Waals surface area contributed by atoms with E-state index in [-0.39, 0.29) is 0 Å². The third-order valence-corrected chi connectivity index (χ3v) is 4.20. The summed E-state index contributed by atoms with van der Waals surface area (Å²) in [5.41, 5.74) is 8.65. The van der Waals surface area contributed by atoms with E-state index in [1.165, 1.54) is 46.3 Å². The first-order valence-corrected chi connectivity index (χ1v) is 7.15. The molecule has 0 amide bonds. The third-order valence-electron chi connectivity index (χ3n) is 4.20. The van der Waals surface area contributed by atoms with Crippen molar-refractivity contribution in [1.82, 2.24) is 0 Å². The number of anilines is 1. The topological polar surface area (TPSA) is 12.0 Å². The van der Waals surface area contributed by atoms with Crippen LogP contribution in [0.3, 0.4) is 0 Å². The van der Waals surface area contributed by atoms with Crippen LogP contribution in [0, 0.1) is 13.8 Å². The zero-order chi connectivity index (χ0) is 13.2. The van der Waals surface area contributed by atoms with E-state index < -0.39 is 0 Å². The van der Waals surface area contributed by atoms with Gasteiger partial charge in [0.1, 0.15) is 0 Å². The summed E-state index contributed by atoms with van der Waals surface area (Å²) >= 11 is 0. The molecule has 0 bridgehead atoms. The molecule has 0 aromatic heterocycles. The molecule has 1 aliphatic heterocycles. The van der Waals surface area contributed by atoms with Gasteiger partial charge in [-0.3, -0.25) is 0 Å². The smallest absolute Gasteiger partial charge is 0.0375 e. The van der Waals surface area contributed by atoms with Gasteiger partial charge in [-0.15, -0.1) is 0 Å². The molecule has 1 heteroatoms. The third kappa shape index (κ3) is 2.37. The van der Waals surface area contributed by atoms with E-state index in [0.29, 0.717) is 0 Å². The average molecular weight is 251 g/mol. The fourth-order valence-corrected chi connectivity index (χ4v) is 3.07. The summed E-state index contributed by atoms with van der Waals surface area (Å²) in [5.74, 6) is 0. The number of hydrogen-bond acceptors (Lipinski definition) is 1. The quantitative estimate of drug-likeness (QED) is 0.841. The van der Waals surface area contributed by atoms with Crippen LogP contribution in [0.4, 0.5) is 5.69 Å². The highest BCUT2D eigenvalue weighted by Crippen LogP contribution is 2.28. The minimum atomic E-state index is 1.06. The zero-order valence-electron chi connectivity index (χ0n) is 11.8. The summed E-state index contributed by atoms with van der Waals surface area (Å²) in [5, 5.41) is 3.52. The normalized spacial score (nSPS) is 13.8. The van der Waals surface area contributed by atoms with E-state index in [2.05, 4.69) is 55.6 Å². The van der Waals surface area contributed by atoms with Gasteiger partial charge < -0.3 is 5.32 Å². The Morgan fingerprint density at radius 1 is 1.00 bits per heavy atom. The summed E-state index contributed by atoms with van der Waals surface area (Å²) in [7, 11) is 0. The van der Waals surface area contributed by atoms with Crippen molar-refractivity contribution in [2.24, 2.45) is 0 Å². The van der Waals surface area contributed by atoms with Crippen molar-refractivity contribution < 1.29 is 0 Å². The van der Waals surface area contributed by atoms with Crippen molar-refractivity contribution in [3.63, 3.8) is 0 Å². The Morgan fingerprint density at radius 3 is 2.53 bits per heavy atom. The molecule has 0 unspecified atom stereocenters. The molecule has 0 atom stereocenters. The van der Waals surface area contributed by atoms with Crippen LogP contribution in [0.1, 0.15) is 34.2 Å².